The molecule has 104 valence electrons. The average molecular weight is 265 g/mol. The molecule has 0 bridgehead atoms. The molecule has 0 spiro atoms. The Balaban J connectivity index is 2.82. The Morgan fingerprint density at radius 3 is 2.58 bits per heavy atom. The number of aryl methyl sites for hydroxylation is 2. The average Bonchev–Trinajstić information content (AvgIpc) is 2.73. The molecular formula is C12H19N5O2. The van der Waals surface area contributed by atoms with E-state index in [-0.39, 0.29) is 5.56 Å². The molecule has 0 unspecified atom stereocenters. The van der Waals surface area contributed by atoms with Gasteiger partial charge in [-0.1, -0.05) is 13.3 Å². The molecule has 0 aromatic carbocycles. The highest BCUT2D eigenvalue weighted by Gasteiger charge is 2.17. The van der Waals surface area contributed by atoms with Crippen LogP contribution in [0.1, 0.15) is 19.8 Å². The molecule has 0 saturated carbocycles. The number of H-pyrrole nitrogens is 1. The molecule has 0 atom stereocenters. The van der Waals surface area contributed by atoms with E-state index in [0.29, 0.717) is 23.7 Å². The van der Waals surface area contributed by atoms with Crippen LogP contribution in [-0.4, -0.2) is 33.2 Å². The fourth-order valence-corrected chi connectivity index (χ4v) is 2.09. The Kier molecular flexibility index (Phi) is 3.46. The maximum atomic E-state index is 12.0. The molecule has 7 heteroatoms. The van der Waals surface area contributed by atoms with Crippen LogP contribution in [0.15, 0.2) is 9.59 Å². The Hall–Kier alpha value is -2.05. The van der Waals surface area contributed by atoms with Gasteiger partial charge in [-0.3, -0.25) is 14.3 Å². The minimum absolute atomic E-state index is 0.380. The lowest BCUT2D eigenvalue weighted by molar-refractivity contribution is 0.640. The third-order valence-corrected chi connectivity index (χ3v) is 3.12. The smallest absolute Gasteiger partial charge is 0.329 e. The second-order valence-corrected chi connectivity index (χ2v) is 4.80. The first-order valence-corrected chi connectivity index (χ1v) is 6.34. The molecule has 1 N–H and O–H groups in total. The molecule has 0 aliphatic carbocycles. The van der Waals surface area contributed by atoms with Gasteiger partial charge in [0, 0.05) is 27.7 Å². The summed E-state index contributed by atoms with van der Waals surface area (Å²) in [6, 6.07) is 0. The summed E-state index contributed by atoms with van der Waals surface area (Å²) in [7, 11) is 5.35. The molecule has 0 aliphatic rings. The number of rotatable bonds is 4. The molecule has 7 nitrogen and oxygen atoms in total. The Morgan fingerprint density at radius 1 is 1.32 bits per heavy atom. The third-order valence-electron chi connectivity index (χ3n) is 3.12. The first-order valence-electron chi connectivity index (χ1n) is 6.34. The number of aromatic amines is 1. The normalized spacial score (nSPS) is 11.2. The number of aromatic nitrogens is 4. The highest BCUT2D eigenvalue weighted by molar-refractivity contribution is 5.74. The highest BCUT2D eigenvalue weighted by Crippen LogP contribution is 2.18. The van der Waals surface area contributed by atoms with E-state index in [1.54, 1.807) is 7.05 Å². The first-order chi connectivity index (χ1) is 8.97. The molecule has 2 aromatic rings. The zero-order valence-electron chi connectivity index (χ0n) is 11.7. The van der Waals surface area contributed by atoms with E-state index in [4.69, 9.17) is 0 Å². The lowest BCUT2D eigenvalue weighted by Gasteiger charge is -2.13. The molecule has 0 amide bonds. The molecule has 2 rings (SSSR count). The molecule has 19 heavy (non-hydrogen) atoms. The van der Waals surface area contributed by atoms with Gasteiger partial charge < -0.3 is 9.47 Å². The first kappa shape index (κ1) is 13.4. The summed E-state index contributed by atoms with van der Waals surface area (Å²) >= 11 is 0. The van der Waals surface area contributed by atoms with E-state index in [9.17, 15) is 9.59 Å². The zero-order valence-corrected chi connectivity index (χ0v) is 11.7. The maximum absolute atomic E-state index is 12.0. The summed E-state index contributed by atoms with van der Waals surface area (Å²) in [6.45, 7) is 2.80. The van der Waals surface area contributed by atoms with Crippen molar-refractivity contribution in [2.24, 2.45) is 7.05 Å². The van der Waals surface area contributed by atoms with Crippen LogP contribution in [0, 0.1) is 0 Å². The van der Waals surface area contributed by atoms with Crippen molar-refractivity contribution in [3.05, 3.63) is 20.8 Å². The number of fused-ring (bicyclic) bond motifs is 1. The summed E-state index contributed by atoms with van der Waals surface area (Å²) < 4.78 is 3.24. The fourth-order valence-electron chi connectivity index (χ4n) is 2.09. The van der Waals surface area contributed by atoms with Gasteiger partial charge in [0.1, 0.15) is 0 Å². The van der Waals surface area contributed by atoms with E-state index >= 15 is 0 Å². The zero-order chi connectivity index (χ0) is 14.2. The monoisotopic (exact) mass is 265 g/mol. The van der Waals surface area contributed by atoms with Gasteiger partial charge in [0.2, 0.25) is 5.95 Å². The predicted octanol–water partition coefficient (Wildman–Crippen LogP) is 0.289. The van der Waals surface area contributed by atoms with Crippen LogP contribution in [0.3, 0.4) is 0 Å². The van der Waals surface area contributed by atoms with Gasteiger partial charge in [-0.15, -0.1) is 0 Å². The Labute approximate surface area is 110 Å². The Bertz CT molecular complexity index is 707. The minimum Gasteiger partial charge on any atom is -0.348 e. The molecule has 2 aromatic heterocycles. The maximum Gasteiger partial charge on any atom is 0.329 e. The van der Waals surface area contributed by atoms with Crippen molar-refractivity contribution >= 4 is 17.1 Å². The van der Waals surface area contributed by atoms with Crippen molar-refractivity contribution in [1.82, 2.24) is 19.1 Å². The Morgan fingerprint density at radius 2 is 2.00 bits per heavy atom. The lowest BCUT2D eigenvalue weighted by Crippen LogP contribution is -2.29. The van der Waals surface area contributed by atoms with E-state index < -0.39 is 5.69 Å². The number of hydrogen-bond donors (Lipinski definition) is 1. The number of unbranched alkanes of at least 4 members (excludes halogenated alkanes) is 1. The molecule has 2 heterocycles. The second kappa shape index (κ2) is 4.91. The van der Waals surface area contributed by atoms with E-state index in [2.05, 4.69) is 16.9 Å². The summed E-state index contributed by atoms with van der Waals surface area (Å²) in [6.07, 6.45) is 1.98. The highest BCUT2D eigenvalue weighted by atomic mass is 16.2. The van der Waals surface area contributed by atoms with Crippen molar-refractivity contribution in [2.45, 2.75) is 26.3 Å². The van der Waals surface area contributed by atoms with Gasteiger partial charge in [0.05, 0.1) is 0 Å². The fraction of sp³-hybridized carbons (Fsp3) is 0.583. The van der Waals surface area contributed by atoms with Gasteiger partial charge in [-0.25, -0.2) is 4.79 Å². The standard InChI is InChI=1S/C12H19N5O2/c1-5-6-7-17-8-9(13-11(17)15(2)3)16(4)12(19)14-10(8)18/h5-7H2,1-4H3,(H,14,18,19). The van der Waals surface area contributed by atoms with Gasteiger partial charge in [0.15, 0.2) is 11.2 Å². The van der Waals surface area contributed by atoms with Crippen LogP contribution < -0.4 is 16.1 Å². The van der Waals surface area contributed by atoms with Crippen LogP contribution >= 0.6 is 0 Å². The number of nitrogens with one attached hydrogen (secondary N) is 1. The van der Waals surface area contributed by atoms with Gasteiger partial charge in [-0.2, -0.15) is 4.98 Å². The van der Waals surface area contributed by atoms with Crippen LogP contribution in [0.4, 0.5) is 5.95 Å². The van der Waals surface area contributed by atoms with Crippen molar-refractivity contribution in [2.75, 3.05) is 19.0 Å². The van der Waals surface area contributed by atoms with Crippen molar-refractivity contribution < 1.29 is 0 Å². The van der Waals surface area contributed by atoms with E-state index in [0.717, 1.165) is 12.8 Å². The van der Waals surface area contributed by atoms with Gasteiger partial charge in [0.25, 0.3) is 5.56 Å². The number of nitrogens with zero attached hydrogens (tertiary/aromatic N) is 4. The molecule has 0 radical (unpaired) electrons. The third kappa shape index (κ3) is 2.16. The summed E-state index contributed by atoms with van der Waals surface area (Å²) in [4.78, 5) is 32.2. The van der Waals surface area contributed by atoms with Crippen molar-refractivity contribution in [3.8, 4) is 0 Å². The van der Waals surface area contributed by atoms with E-state index in [1.807, 2.05) is 23.6 Å². The van der Waals surface area contributed by atoms with Crippen molar-refractivity contribution in [1.29, 1.82) is 0 Å². The molecule has 0 fully saturated rings. The van der Waals surface area contributed by atoms with E-state index in [1.165, 1.54) is 4.57 Å². The summed E-state index contributed by atoms with van der Waals surface area (Å²) in [5.74, 6) is 0.690. The second-order valence-electron chi connectivity index (χ2n) is 4.80. The number of imidazole rings is 1. The van der Waals surface area contributed by atoms with Crippen LogP contribution in [0.25, 0.3) is 11.2 Å². The number of anilines is 1. The lowest BCUT2D eigenvalue weighted by atomic mass is 10.3. The largest absolute Gasteiger partial charge is 0.348 e. The van der Waals surface area contributed by atoms with Crippen LogP contribution in [-0.2, 0) is 13.6 Å². The van der Waals surface area contributed by atoms with Crippen LogP contribution in [0.2, 0.25) is 0 Å². The quantitative estimate of drug-likeness (QED) is 0.862. The van der Waals surface area contributed by atoms with Gasteiger partial charge >= 0.3 is 5.69 Å². The SMILES string of the molecule is CCCCn1c(N(C)C)nc2c1c(=O)[nH]c(=O)n2C. The van der Waals surface area contributed by atoms with Gasteiger partial charge in [-0.05, 0) is 6.42 Å². The minimum atomic E-state index is -0.442. The summed E-state index contributed by atoms with van der Waals surface area (Å²) in [5, 5.41) is 0. The number of hydrogen-bond acceptors (Lipinski definition) is 4. The summed E-state index contributed by atoms with van der Waals surface area (Å²) in [5.41, 5.74) is 0.0607. The van der Waals surface area contributed by atoms with Crippen LogP contribution in [0.5, 0.6) is 0 Å². The molecular weight excluding hydrogens is 246 g/mol. The van der Waals surface area contributed by atoms with Crippen molar-refractivity contribution in [3.63, 3.8) is 0 Å². The molecule has 0 saturated heterocycles. The topological polar surface area (TPSA) is 75.9 Å². The predicted molar refractivity (Wildman–Crippen MR) is 74.8 cm³/mol. The molecule has 0 aliphatic heterocycles.